The minimum Gasteiger partial charge on any atom is -0.389 e. The van der Waals surface area contributed by atoms with Crippen molar-refractivity contribution in [2.75, 3.05) is 5.32 Å². The van der Waals surface area contributed by atoms with Gasteiger partial charge in [0.25, 0.3) is 0 Å². The molecule has 2 heterocycles. The molecular formula is C18H19F3N6O3S. The lowest BCUT2D eigenvalue weighted by molar-refractivity contribution is -0.137. The zero-order valence-electron chi connectivity index (χ0n) is 16.4. The zero-order valence-corrected chi connectivity index (χ0v) is 17.2. The van der Waals surface area contributed by atoms with Crippen LogP contribution in [0.2, 0.25) is 0 Å². The van der Waals surface area contributed by atoms with Gasteiger partial charge in [-0.15, -0.1) is 0 Å². The van der Waals surface area contributed by atoms with E-state index >= 15 is 0 Å². The summed E-state index contributed by atoms with van der Waals surface area (Å²) in [5.74, 6) is -0.137. The lowest BCUT2D eigenvalue weighted by Crippen LogP contribution is -2.26. The van der Waals surface area contributed by atoms with E-state index < -0.39 is 33.1 Å². The van der Waals surface area contributed by atoms with E-state index in [4.69, 9.17) is 5.14 Å². The maximum atomic E-state index is 13.5. The van der Waals surface area contributed by atoms with E-state index in [2.05, 4.69) is 20.4 Å². The summed E-state index contributed by atoms with van der Waals surface area (Å²) < 4.78 is 64.4. The van der Waals surface area contributed by atoms with E-state index in [0.717, 1.165) is 0 Å². The number of sulfonamides is 1. The molecule has 166 valence electrons. The zero-order chi connectivity index (χ0) is 23.0. The van der Waals surface area contributed by atoms with Crippen molar-refractivity contribution in [3.05, 3.63) is 48.4 Å². The van der Waals surface area contributed by atoms with Crippen molar-refractivity contribution in [3.8, 4) is 11.3 Å². The van der Waals surface area contributed by atoms with Crippen LogP contribution < -0.4 is 10.5 Å². The van der Waals surface area contributed by atoms with Gasteiger partial charge in [0.1, 0.15) is 5.56 Å². The third-order valence-corrected chi connectivity index (χ3v) is 4.92. The van der Waals surface area contributed by atoms with Gasteiger partial charge in [0.2, 0.25) is 16.0 Å². The molecule has 31 heavy (non-hydrogen) atoms. The van der Waals surface area contributed by atoms with Gasteiger partial charge >= 0.3 is 6.18 Å². The van der Waals surface area contributed by atoms with Crippen molar-refractivity contribution in [2.45, 2.75) is 37.1 Å². The second kappa shape index (κ2) is 7.90. The maximum Gasteiger partial charge on any atom is 0.419 e. The number of nitrogens with two attached hydrogens (primary N) is 1. The Labute approximate surface area is 175 Å². The molecule has 0 aliphatic rings. The Morgan fingerprint density at radius 2 is 1.81 bits per heavy atom. The molecule has 4 N–H and O–H groups in total. The number of anilines is 2. The van der Waals surface area contributed by atoms with Crippen LogP contribution in [0.5, 0.6) is 0 Å². The highest BCUT2D eigenvalue weighted by molar-refractivity contribution is 7.89. The molecule has 9 nitrogen and oxygen atoms in total. The molecule has 0 fully saturated rings. The summed E-state index contributed by atoms with van der Waals surface area (Å²) in [6, 6.07) is 5.23. The van der Waals surface area contributed by atoms with Gasteiger partial charge in [0.15, 0.2) is 0 Å². The number of rotatable bonds is 6. The van der Waals surface area contributed by atoms with Crippen molar-refractivity contribution in [2.24, 2.45) is 5.14 Å². The van der Waals surface area contributed by atoms with E-state index in [9.17, 15) is 26.7 Å². The first-order valence-corrected chi connectivity index (χ1v) is 10.4. The Hall–Kier alpha value is -3.03. The van der Waals surface area contributed by atoms with Crippen LogP contribution in [-0.2, 0) is 22.7 Å². The fourth-order valence-corrected chi connectivity index (χ4v) is 3.21. The number of benzene rings is 1. The van der Waals surface area contributed by atoms with Crippen molar-refractivity contribution >= 4 is 21.7 Å². The van der Waals surface area contributed by atoms with Crippen LogP contribution in [0.3, 0.4) is 0 Å². The van der Waals surface area contributed by atoms with Gasteiger partial charge in [-0.2, -0.15) is 18.3 Å². The van der Waals surface area contributed by atoms with Crippen LogP contribution in [0.4, 0.5) is 24.8 Å². The summed E-state index contributed by atoms with van der Waals surface area (Å²) >= 11 is 0. The Morgan fingerprint density at radius 1 is 1.16 bits per heavy atom. The van der Waals surface area contributed by atoms with Crippen LogP contribution in [0, 0.1) is 0 Å². The summed E-state index contributed by atoms with van der Waals surface area (Å²) in [5.41, 5.74) is -2.13. The largest absolute Gasteiger partial charge is 0.419 e. The molecule has 0 aliphatic heterocycles. The van der Waals surface area contributed by atoms with Gasteiger partial charge in [-0.3, -0.25) is 4.68 Å². The molecule has 1 aromatic carbocycles. The molecule has 0 aliphatic carbocycles. The summed E-state index contributed by atoms with van der Waals surface area (Å²) in [6.45, 7) is 3.16. The highest BCUT2D eigenvalue weighted by atomic mass is 32.2. The predicted octanol–water partition coefficient (Wildman–Crippen LogP) is 2.52. The van der Waals surface area contributed by atoms with Crippen molar-refractivity contribution in [1.82, 2.24) is 19.7 Å². The van der Waals surface area contributed by atoms with E-state index in [-0.39, 0.29) is 23.0 Å². The first-order chi connectivity index (χ1) is 14.2. The Morgan fingerprint density at radius 3 is 2.35 bits per heavy atom. The number of hydrogen-bond donors (Lipinski definition) is 3. The van der Waals surface area contributed by atoms with E-state index in [0.29, 0.717) is 11.9 Å². The number of hydrogen-bond acceptors (Lipinski definition) is 7. The van der Waals surface area contributed by atoms with Gasteiger partial charge in [0.05, 0.1) is 28.9 Å². The summed E-state index contributed by atoms with van der Waals surface area (Å²) in [6.07, 6.45) is -1.49. The quantitative estimate of drug-likeness (QED) is 0.518. The molecule has 0 bridgehead atoms. The first-order valence-electron chi connectivity index (χ1n) is 8.82. The van der Waals surface area contributed by atoms with E-state index in [1.807, 2.05) is 0 Å². The monoisotopic (exact) mass is 456 g/mol. The SMILES string of the molecule is CC(C)(O)Cn1cc(-c2nc(Nc3ccc(S(N)(=O)=O)cc3)ncc2C(F)(F)F)cn1. The molecule has 0 amide bonds. The van der Waals surface area contributed by atoms with Crippen molar-refractivity contribution in [1.29, 1.82) is 0 Å². The van der Waals surface area contributed by atoms with Crippen molar-refractivity contribution < 1.29 is 26.7 Å². The van der Waals surface area contributed by atoms with Crippen LogP contribution in [0.15, 0.2) is 47.8 Å². The second-order valence-electron chi connectivity index (χ2n) is 7.39. The smallest absolute Gasteiger partial charge is 0.389 e. The third-order valence-electron chi connectivity index (χ3n) is 3.99. The Bertz CT molecular complexity index is 1190. The van der Waals surface area contributed by atoms with Crippen LogP contribution in [0.25, 0.3) is 11.3 Å². The van der Waals surface area contributed by atoms with Gasteiger partial charge in [-0.25, -0.2) is 23.5 Å². The number of halogens is 3. The summed E-state index contributed by atoms with van der Waals surface area (Å²) in [5, 5.41) is 21.6. The first kappa shape index (κ1) is 22.7. The molecule has 13 heteroatoms. The Kier molecular flexibility index (Phi) is 5.78. The highest BCUT2D eigenvalue weighted by Gasteiger charge is 2.36. The molecule has 0 saturated heterocycles. The molecular weight excluding hydrogens is 437 g/mol. The molecule has 0 saturated carbocycles. The molecule has 3 rings (SSSR count). The van der Waals surface area contributed by atoms with E-state index in [1.54, 1.807) is 13.8 Å². The van der Waals surface area contributed by atoms with Gasteiger partial charge in [0, 0.05) is 23.6 Å². The van der Waals surface area contributed by atoms with Crippen molar-refractivity contribution in [3.63, 3.8) is 0 Å². The van der Waals surface area contributed by atoms with Crippen LogP contribution in [0.1, 0.15) is 19.4 Å². The number of aliphatic hydroxyl groups is 1. The molecule has 3 aromatic rings. The van der Waals surface area contributed by atoms with E-state index in [1.165, 1.54) is 41.3 Å². The molecule has 0 spiro atoms. The topological polar surface area (TPSA) is 136 Å². The van der Waals surface area contributed by atoms with Gasteiger partial charge in [-0.05, 0) is 38.1 Å². The van der Waals surface area contributed by atoms with Gasteiger partial charge in [-0.1, -0.05) is 0 Å². The number of aromatic nitrogens is 4. The molecule has 0 unspecified atom stereocenters. The minimum atomic E-state index is -4.71. The summed E-state index contributed by atoms with van der Waals surface area (Å²) in [7, 11) is -3.88. The number of nitrogens with one attached hydrogen (secondary N) is 1. The number of nitrogens with zero attached hydrogens (tertiary/aromatic N) is 4. The highest BCUT2D eigenvalue weighted by Crippen LogP contribution is 2.36. The minimum absolute atomic E-state index is 0.0704. The fourth-order valence-electron chi connectivity index (χ4n) is 2.70. The average Bonchev–Trinajstić information content (AvgIpc) is 3.07. The lowest BCUT2D eigenvalue weighted by atomic mass is 10.1. The standard InChI is InChI=1S/C18H19F3N6O3S/c1-17(2,28)10-27-9-11(7-24-27)15-14(18(19,20)21)8-23-16(26-15)25-12-3-5-13(6-4-12)31(22,29)30/h3-9,28H,10H2,1-2H3,(H2,22,29,30)(H,23,25,26). The molecule has 0 atom stereocenters. The van der Waals surface area contributed by atoms with Gasteiger partial charge < -0.3 is 10.4 Å². The Balaban J connectivity index is 1.96. The molecule has 2 aromatic heterocycles. The number of alkyl halides is 3. The molecule has 0 radical (unpaired) electrons. The van der Waals surface area contributed by atoms with Crippen LogP contribution >= 0.6 is 0 Å². The third kappa shape index (κ3) is 5.77. The second-order valence-corrected chi connectivity index (χ2v) is 8.95. The fraction of sp³-hybridized carbons (Fsp3) is 0.278. The normalized spacial score (nSPS) is 12.7. The van der Waals surface area contributed by atoms with Crippen LogP contribution in [-0.4, -0.2) is 38.9 Å². The maximum absolute atomic E-state index is 13.5. The predicted molar refractivity (Wildman–Crippen MR) is 106 cm³/mol. The average molecular weight is 456 g/mol. The number of primary sulfonamides is 1. The summed E-state index contributed by atoms with van der Waals surface area (Å²) in [4.78, 5) is 7.58. The lowest BCUT2D eigenvalue weighted by Gasteiger charge is -2.16.